The number of rotatable bonds is 4. The van der Waals surface area contributed by atoms with Crippen LogP contribution in [0.3, 0.4) is 0 Å². The highest BCUT2D eigenvalue weighted by molar-refractivity contribution is 5.71. The number of aryl methyl sites for hydroxylation is 3. The van der Waals surface area contributed by atoms with Crippen LogP contribution in [-0.2, 0) is 18.4 Å². The Labute approximate surface area is 215 Å². The summed E-state index contributed by atoms with van der Waals surface area (Å²) in [5.74, 6) is 0.863. The third-order valence-electron chi connectivity index (χ3n) is 7.46. The first-order chi connectivity index (χ1) is 17.2. The number of ether oxygens (including phenoxy) is 1. The average molecular weight is 480 g/mol. The fourth-order valence-electron chi connectivity index (χ4n) is 5.34. The van der Waals surface area contributed by atoms with Gasteiger partial charge in [-0.25, -0.2) is 4.68 Å². The lowest BCUT2D eigenvalue weighted by atomic mass is 9.86. The highest BCUT2D eigenvalue weighted by Crippen LogP contribution is 2.38. The third kappa shape index (κ3) is 4.30. The molecule has 1 aromatic heterocycles. The molecule has 4 heteroatoms. The molecule has 3 aromatic carbocycles. The fourth-order valence-corrected chi connectivity index (χ4v) is 5.34. The predicted octanol–water partition coefficient (Wildman–Crippen LogP) is 7.33. The topological polar surface area (TPSA) is 30.3 Å². The first kappa shape index (κ1) is 24.2. The number of hydrogen-bond donors (Lipinski definition) is 0. The Morgan fingerprint density at radius 1 is 0.861 bits per heavy atom. The molecule has 0 saturated carbocycles. The largest absolute Gasteiger partial charge is 0.497 e. The summed E-state index contributed by atoms with van der Waals surface area (Å²) in [7, 11) is 1.71. The normalized spacial score (nSPS) is 13.6. The van der Waals surface area contributed by atoms with Crippen molar-refractivity contribution in [3.63, 3.8) is 0 Å². The van der Waals surface area contributed by atoms with Gasteiger partial charge in [-0.05, 0) is 78.8 Å². The van der Waals surface area contributed by atoms with E-state index in [0.29, 0.717) is 0 Å². The molecule has 0 N–H and O–H groups in total. The van der Waals surface area contributed by atoms with Crippen LogP contribution in [0.2, 0.25) is 0 Å². The standard InChI is InChI=1S/C32H37N3O/c1-21-11-14-25(32(4,5)6)19-29(21)34-18-17-28-27(20-34)31(24-12-15-26(36-7)16-13-24)35(33-28)30-22(2)9-8-10-23(30)3/h8-16,19H,17-18,20H2,1-7H3. The molecule has 0 spiro atoms. The molecule has 0 aliphatic carbocycles. The van der Waals surface area contributed by atoms with E-state index in [-0.39, 0.29) is 5.41 Å². The van der Waals surface area contributed by atoms with Crippen molar-refractivity contribution in [3.8, 4) is 22.7 Å². The fraction of sp³-hybridized carbons (Fsp3) is 0.344. The van der Waals surface area contributed by atoms with Gasteiger partial charge in [-0.15, -0.1) is 0 Å². The van der Waals surface area contributed by atoms with Gasteiger partial charge in [0.15, 0.2) is 0 Å². The third-order valence-corrected chi connectivity index (χ3v) is 7.46. The second-order valence-electron chi connectivity index (χ2n) is 11.1. The highest BCUT2D eigenvalue weighted by Gasteiger charge is 2.28. The van der Waals surface area contributed by atoms with E-state index in [1.54, 1.807) is 7.11 Å². The second kappa shape index (κ2) is 9.16. The summed E-state index contributed by atoms with van der Waals surface area (Å²) in [5, 5.41) is 5.23. The number of para-hydroxylation sites is 1. The summed E-state index contributed by atoms with van der Waals surface area (Å²) in [6.45, 7) is 15.2. The molecule has 36 heavy (non-hydrogen) atoms. The molecule has 1 aliphatic rings. The van der Waals surface area contributed by atoms with Crippen LogP contribution >= 0.6 is 0 Å². The minimum Gasteiger partial charge on any atom is -0.497 e. The quantitative estimate of drug-likeness (QED) is 0.307. The molecule has 0 saturated heterocycles. The van der Waals surface area contributed by atoms with Crippen LogP contribution in [-0.4, -0.2) is 23.4 Å². The van der Waals surface area contributed by atoms with E-state index in [4.69, 9.17) is 9.84 Å². The maximum absolute atomic E-state index is 5.45. The lowest BCUT2D eigenvalue weighted by molar-refractivity contribution is 0.415. The Morgan fingerprint density at radius 3 is 2.19 bits per heavy atom. The Morgan fingerprint density at radius 2 is 1.56 bits per heavy atom. The Hall–Kier alpha value is -3.53. The summed E-state index contributed by atoms with van der Waals surface area (Å²) < 4.78 is 7.64. The van der Waals surface area contributed by atoms with Gasteiger partial charge >= 0.3 is 0 Å². The molecule has 4 nitrogen and oxygen atoms in total. The number of methoxy groups -OCH3 is 1. The average Bonchev–Trinajstić information content (AvgIpc) is 3.21. The minimum absolute atomic E-state index is 0.116. The minimum atomic E-state index is 0.116. The van der Waals surface area contributed by atoms with Gasteiger partial charge in [0, 0.05) is 36.3 Å². The Kier molecular flexibility index (Phi) is 6.15. The van der Waals surface area contributed by atoms with Crippen molar-refractivity contribution in [3.05, 3.63) is 94.2 Å². The number of hydrogen-bond acceptors (Lipinski definition) is 3. The van der Waals surface area contributed by atoms with Gasteiger partial charge in [0.05, 0.1) is 24.2 Å². The molecule has 4 aromatic rings. The van der Waals surface area contributed by atoms with Gasteiger partial charge < -0.3 is 9.64 Å². The van der Waals surface area contributed by atoms with Gasteiger partial charge in [0.2, 0.25) is 0 Å². The SMILES string of the molecule is COc1ccc(-c2c3c(nn2-c2c(C)cccc2C)CCN(c2cc(C(C)(C)C)ccc2C)C3)cc1. The van der Waals surface area contributed by atoms with Crippen LogP contribution in [0.25, 0.3) is 16.9 Å². The summed E-state index contributed by atoms with van der Waals surface area (Å²) >= 11 is 0. The molecule has 1 aliphatic heterocycles. The molecule has 186 valence electrons. The summed E-state index contributed by atoms with van der Waals surface area (Å²) in [4.78, 5) is 2.54. The van der Waals surface area contributed by atoms with Crippen LogP contribution in [0.1, 0.15) is 54.3 Å². The monoisotopic (exact) mass is 479 g/mol. The van der Waals surface area contributed by atoms with E-state index in [9.17, 15) is 0 Å². The van der Waals surface area contributed by atoms with Crippen LogP contribution in [0.5, 0.6) is 5.75 Å². The van der Waals surface area contributed by atoms with Crippen LogP contribution < -0.4 is 9.64 Å². The van der Waals surface area contributed by atoms with Crippen molar-refractivity contribution in [2.24, 2.45) is 0 Å². The van der Waals surface area contributed by atoms with Crippen molar-refractivity contribution in [2.45, 2.75) is 59.9 Å². The number of benzene rings is 3. The van der Waals surface area contributed by atoms with Gasteiger partial charge in [-0.1, -0.05) is 51.1 Å². The van der Waals surface area contributed by atoms with Crippen molar-refractivity contribution < 1.29 is 4.74 Å². The van der Waals surface area contributed by atoms with E-state index in [2.05, 4.69) is 99.7 Å². The summed E-state index contributed by atoms with van der Waals surface area (Å²) in [6, 6.07) is 21.8. The smallest absolute Gasteiger partial charge is 0.118 e. The number of fused-ring (bicyclic) bond motifs is 1. The highest BCUT2D eigenvalue weighted by atomic mass is 16.5. The Balaban J connectivity index is 1.66. The zero-order valence-corrected chi connectivity index (χ0v) is 22.6. The Bertz CT molecular complexity index is 1390. The number of aromatic nitrogens is 2. The summed E-state index contributed by atoms with van der Waals surface area (Å²) in [6.07, 6.45) is 0.926. The zero-order chi connectivity index (χ0) is 25.6. The van der Waals surface area contributed by atoms with Crippen molar-refractivity contribution in [1.29, 1.82) is 0 Å². The van der Waals surface area contributed by atoms with Crippen LogP contribution in [0.15, 0.2) is 60.7 Å². The lowest BCUT2D eigenvalue weighted by Crippen LogP contribution is -2.31. The first-order valence-corrected chi connectivity index (χ1v) is 12.8. The lowest BCUT2D eigenvalue weighted by Gasteiger charge is -2.32. The molecular weight excluding hydrogens is 442 g/mol. The van der Waals surface area contributed by atoms with E-state index < -0.39 is 0 Å². The van der Waals surface area contributed by atoms with Crippen LogP contribution in [0.4, 0.5) is 5.69 Å². The van der Waals surface area contributed by atoms with Crippen molar-refractivity contribution >= 4 is 5.69 Å². The predicted molar refractivity (Wildman–Crippen MR) is 150 cm³/mol. The van der Waals surface area contributed by atoms with E-state index in [0.717, 1.165) is 30.8 Å². The molecule has 5 rings (SSSR count). The van der Waals surface area contributed by atoms with E-state index >= 15 is 0 Å². The second-order valence-corrected chi connectivity index (χ2v) is 11.1. The van der Waals surface area contributed by atoms with Gasteiger partial charge in [-0.2, -0.15) is 5.10 Å². The van der Waals surface area contributed by atoms with Gasteiger partial charge in [0.25, 0.3) is 0 Å². The molecule has 0 radical (unpaired) electrons. The summed E-state index contributed by atoms with van der Waals surface area (Å²) in [5.41, 5.74) is 12.6. The van der Waals surface area contributed by atoms with Crippen LogP contribution in [0, 0.1) is 20.8 Å². The first-order valence-electron chi connectivity index (χ1n) is 12.8. The number of anilines is 1. The van der Waals surface area contributed by atoms with Crippen molar-refractivity contribution in [1.82, 2.24) is 9.78 Å². The van der Waals surface area contributed by atoms with Gasteiger partial charge in [0.1, 0.15) is 5.75 Å². The van der Waals surface area contributed by atoms with Crippen molar-refractivity contribution in [2.75, 3.05) is 18.6 Å². The molecule has 0 atom stereocenters. The molecule has 2 heterocycles. The molecular formula is C32H37N3O. The maximum Gasteiger partial charge on any atom is 0.118 e. The zero-order valence-electron chi connectivity index (χ0n) is 22.6. The number of nitrogens with zero attached hydrogens (tertiary/aromatic N) is 3. The molecule has 0 amide bonds. The molecule has 0 unspecified atom stereocenters. The molecule has 0 fully saturated rings. The molecule has 0 bridgehead atoms. The van der Waals surface area contributed by atoms with E-state index in [1.165, 1.54) is 50.6 Å². The maximum atomic E-state index is 5.45. The van der Waals surface area contributed by atoms with E-state index in [1.807, 2.05) is 12.1 Å². The van der Waals surface area contributed by atoms with Gasteiger partial charge in [-0.3, -0.25) is 0 Å².